The molecule has 0 spiro atoms. The molecule has 2 nitrogen and oxygen atoms in total. The summed E-state index contributed by atoms with van der Waals surface area (Å²) in [5, 5.41) is 3.14. The van der Waals surface area contributed by atoms with Crippen LogP contribution >= 0.6 is 15.9 Å². The molecule has 1 heterocycles. The van der Waals surface area contributed by atoms with Crippen LogP contribution in [-0.2, 0) is 0 Å². The number of pyridine rings is 1. The van der Waals surface area contributed by atoms with E-state index in [0.29, 0.717) is 5.56 Å². The van der Waals surface area contributed by atoms with E-state index in [-0.39, 0.29) is 11.9 Å². The maximum atomic E-state index is 13.9. The van der Waals surface area contributed by atoms with Gasteiger partial charge in [-0.25, -0.2) is 4.39 Å². The molecule has 18 heavy (non-hydrogen) atoms. The van der Waals surface area contributed by atoms with Gasteiger partial charge in [0.2, 0.25) is 0 Å². The molecule has 2 rings (SSSR count). The van der Waals surface area contributed by atoms with Crippen LogP contribution in [0.15, 0.2) is 41.0 Å². The van der Waals surface area contributed by atoms with Crippen molar-refractivity contribution in [1.82, 2.24) is 10.3 Å². The summed E-state index contributed by atoms with van der Waals surface area (Å²) < 4.78 is 14.8. The molecule has 0 aliphatic heterocycles. The molecule has 94 valence electrons. The standard InChI is InChI=1S/C14H14BrFN2/c1-9-7-10(5-6-18-9)14(17-2)12-8-11(15)3-4-13(12)16/h3-8,14,17H,1-2H3. The van der Waals surface area contributed by atoms with E-state index < -0.39 is 0 Å². The summed E-state index contributed by atoms with van der Waals surface area (Å²) in [5.41, 5.74) is 2.54. The first-order valence-corrected chi connectivity index (χ1v) is 6.46. The summed E-state index contributed by atoms with van der Waals surface area (Å²) in [7, 11) is 1.82. The Morgan fingerprint density at radius 2 is 2.06 bits per heavy atom. The van der Waals surface area contributed by atoms with Crippen LogP contribution in [0.5, 0.6) is 0 Å². The molecule has 0 aliphatic rings. The number of nitrogens with one attached hydrogen (secondary N) is 1. The topological polar surface area (TPSA) is 24.9 Å². The van der Waals surface area contributed by atoms with Crippen molar-refractivity contribution in [3.05, 3.63) is 63.6 Å². The van der Waals surface area contributed by atoms with Crippen LogP contribution < -0.4 is 5.32 Å². The first-order chi connectivity index (χ1) is 8.61. The molecule has 1 N–H and O–H groups in total. The SMILES string of the molecule is CNC(c1ccnc(C)c1)c1cc(Br)ccc1F. The number of benzene rings is 1. The van der Waals surface area contributed by atoms with Crippen molar-refractivity contribution in [3.8, 4) is 0 Å². The number of aryl methyl sites for hydroxylation is 1. The Kier molecular flexibility index (Phi) is 4.09. The molecule has 4 heteroatoms. The fourth-order valence-electron chi connectivity index (χ4n) is 1.98. The van der Waals surface area contributed by atoms with Gasteiger partial charge in [0.15, 0.2) is 0 Å². The lowest BCUT2D eigenvalue weighted by molar-refractivity contribution is 0.575. The average molecular weight is 309 g/mol. The van der Waals surface area contributed by atoms with Gasteiger partial charge in [-0.05, 0) is 49.9 Å². The lowest BCUT2D eigenvalue weighted by Gasteiger charge is -2.18. The second kappa shape index (κ2) is 5.59. The maximum absolute atomic E-state index is 13.9. The number of halogens is 2. The first-order valence-electron chi connectivity index (χ1n) is 5.66. The number of rotatable bonds is 3. The molecule has 1 atom stereocenters. The highest BCUT2D eigenvalue weighted by Gasteiger charge is 2.16. The molecule has 1 aromatic carbocycles. The summed E-state index contributed by atoms with van der Waals surface area (Å²) >= 11 is 3.37. The van der Waals surface area contributed by atoms with Crippen LogP contribution in [0.25, 0.3) is 0 Å². The van der Waals surface area contributed by atoms with E-state index in [4.69, 9.17) is 0 Å². The van der Waals surface area contributed by atoms with Crippen LogP contribution in [0.1, 0.15) is 22.9 Å². The zero-order valence-corrected chi connectivity index (χ0v) is 11.8. The third-order valence-electron chi connectivity index (χ3n) is 2.81. The highest BCUT2D eigenvalue weighted by atomic mass is 79.9. The number of nitrogens with zero attached hydrogens (tertiary/aromatic N) is 1. The van der Waals surface area contributed by atoms with Crippen molar-refractivity contribution in [2.75, 3.05) is 7.05 Å². The largest absolute Gasteiger partial charge is 0.309 e. The van der Waals surface area contributed by atoms with Gasteiger partial charge in [-0.3, -0.25) is 4.98 Å². The smallest absolute Gasteiger partial charge is 0.128 e. The first kappa shape index (κ1) is 13.2. The quantitative estimate of drug-likeness (QED) is 0.937. The van der Waals surface area contributed by atoms with Crippen molar-refractivity contribution >= 4 is 15.9 Å². The van der Waals surface area contributed by atoms with Gasteiger partial charge in [0.1, 0.15) is 5.82 Å². The third kappa shape index (κ3) is 2.76. The Morgan fingerprint density at radius 3 is 2.72 bits per heavy atom. The fourth-order valence-corrected chi connectivity index (χ4v) is 2.36. The predicted molar refractivity (Wildman–Crippen MR) is 74.0 cm³/mol. The Bertz CT molecular complexity index is 557. The molecule has 0 bridgehead atoms. The number of hydrogen-bond donors (Lipinski definition) is 1. The van der Waals surface area contributed by atoms with Gasteiger partial charge < -0.3 is 5.32 Å². The zero-order valence-electron chi connectivity index (χ0n) is 10.2. The van der Waals surface area contributed by atoms with Crippen LogP contribution in [0.2, 0.25) is 0 Å². The Balaban J connectivity index is 2.48. The lowest BCUT2D eigenvalue weighted by Crippen LogP contribution is -2.19. The van der Waals surface area contributed by atoms with Crippen molar-refractivity contribution in [3.63, 3.8) is 0 Å². The van der Waals surface area contributed by atoms with Gasteiger partial charge in [0.25, 0.3) is 0 Å². The third-order valence-corrected chi connectivity index (χ3v) is 3.31. The molecule has 0 radical (unpaired) electrons. The molecule has 0 fully saturated rings. The average Bonchev–Trinajstić information content (AvgIpc) is 2.35. The summed E-state index contributed by atoms with van der Waals surface area (Å²) in [6.45, 7) is 1.92. The van der Waals surface area contributed by atoms with Crippen molar-refractivity contribution < 1.29 is 4.39 Å². The van der Waals surface area contributed by atoms with Gasteiger partial charge in [-0.1, -0.05) is 15.9 Å². The van der Waals surface area contributed by atoms with E-state index in [0.717, 1.165) is 15.7 Å². The minimum Gasteiger partial charge on any atom is -0.309 e. The Hall–Kier alpha value is -1.26. The molecule has 0 amide bonds. The van der Waals surface area contributed by atoms with E-state index in [2.05, 4.69) is 26.2 Å². The van der Waals surface area contributed by atoms with Gasteiger partial charge in [-0.2, -0.15) is 0 Å². The van der Waals surface area contributed by atoms with E-state index in [1.807, 2.05) is 26.1 Å². The van der Waals surface area contributed by atoms with Crippen LogP contribution in [0, 0.1) is 12.7 Å². The van der Waals surface area contributed by atoms with Crippen molar-refractivity contribution in [2.24, 2.45) is 0 Å². The van der Waals surface area contributed by atoms with Crippen LogP contribution in [0.4, 0.5) is 4.39 Å². The molecule has 0 saturated heterocycles. The van der Waals surface area contributed by atoms with E-state index in [1.165, 1.54) is 6.07 Å². The summed E-state index contributed by atoms with van der Waals surface area (Å²) in [5.74, 6) is -0.216. The molecule has 0 saturated carbocycles. The molecule has 1 unspecified atom stereocenters. The minimum absolute atomic E-state index is 0.177. The van der Waals surface area contributed by atoms with E-state index in [9.17, 15) is 4.39 Å². The van der Waals surface area contributed by atoms with Gasteiger partial charge in [0, 0.05) is 21.9 Å². The Morgan fingerprint density at radius 1 is 1.28 bits per heavy atom. The van der Waals surface area contributed by atoms with Crippen LogP contribution in [-0.4, -0.2) is 12.0 Å². The van der Waals surface area contributed by atoms with Gasteiger partial charge in [0.05, 0.1) is 6.04 Å². The molecular formula is C14H14BrFN2. The van der Waals surface area contributed by atoms with Crippen molar-refractivity contribution in [1.29, 1.82) is 0 Å². The van der Waals surface area contributed by atoms with Gasteiger partial charge in [-0.15, -0.1) is 0 Å². The number of aromatic nitrogens is 1. The van der Waals surface area contributed by atoms with E-state index >= 15 is 0 Å². The van der Waals surface area contributed by atoms with E-state index in [1.54, 1.807) is 18.3 Å². The lowest BCUT2D eigenvalue weighted by atomic mass is 9.99. The summed E-state index contributed by atoms with van der Waals surface area (Å²) in [6.07, 6.45) is 1.74. The maximum Gasteiger partial charge on any atom is 0.128 e. The second-order valence-corrected chi connectivity index (χ2v) is 5.03. The highest BCUT2D eigenvalue weighted by Crippen LogP contribution is 2.26. The summed E-state index contributed by atoms with van der Waals surface area (Å²) in [6, 6.07) is 8.65. The monoisotopic (exact) mass is 308 g/mol. The van der Waals surface area contributed by atoms with Crippen molar-refractivity contribution in [2.45, 2.75) is 13.0 Å². The highest BCUT2D eigenvalue weighted by molar-refractivity contribution is 9.10. The minimum atomic E-state index is -0.216. The fraction of sp³-hybridized carbons (Fsp3) is 0.214. The molecule has 1 aromatic heterocycles. The molecule has 2 aromatic rings. The zero-order chi connectivity index (χ0) is 13.1. The Labute approximate surface area is 114 Å². The summed E-state index contributed by atoms with van der Waals surface area (Å²) in [4.78, 5) is 4.16. The van der Waals surface area contributed by atoms with Crippen LogP contribution in [0.3, 0.4) is 0 Å². The second-order valence-electron chi connectivity index (χ2n) is 4.12. The molecule has 0 aliphatic carbocycles. The molecular weight excluding hydrogens is 295 g/mol. The number of hydrogen-bond acceptors (Lipinski definition) is 2. The normalized spacial score (nSPS) is 12.4. The van der Waals surface area contributed by atoms with Gasteiger partial charge >= 0.3 is 0 Å². The predicted octanol–water partition coefficient (Wildman–Crippen LogP) is 3.60.